The van der Waals surface area contributed by atoms with E-state index in [4.69, 9.17) is 20.4 Å². The number of carboxylic acids is 3. The summed E-state index contributed by atoms with van der Waals surface area (Å²) in [6.07, 6.45) is -2.29. The van der Waals surface area contributed by atoms with Gasteiger partial charge in [0.1, 0.15) is 0 Å². The maximum atomic E-state index is 10.3. The van der Waals surface area contributed by atoms with Gasteiger partial charge in [0, 0.05) is 0 Å². The van der Waals surface area contributed by atoms with Crippen LogP contribution < -0.4 is 88.7 Å². The maximum Gasteiger partial charge on any atom is 1.00 e. The van der Waals surface area contributed by atoms with Crippen molar-refractivity contribution in [2.75, 3.05) is 0 Å². The molecule has 6 N–H and O–H groups in total. The molecule has 0 amide bonds. The third-order valence-electron chi connectivity index (χ3n) is 1.29. The zero-order chi connectivity index (χ0) is 10.6. The number of carboxylic acid groups (broad SMARTS) is 3. The molecule has 0 aromatic carbocycles. The van der Waals surface area contributed by atoms with Crippen molar-refractivity contribution >= 4 is 17.9 Å². The average Bonchev–Trinajstić information content (AvgIpc) is 1.82. The SMILES string of the molecule is O.O=C(O)CC(O)(CC(=O)O)C(=O)O.[Na+].[Na+].[Na+]. The smallest absolute Gasteiger partial charge is 0.481 e. The monoisotopic (exact) mass is 279 g/mol. The van der Waals surface area contributed by atoms with Crippen molar-refractivity contribution in [3.05, 3.63) is 0 Å². The van der Waals surface area contributed by atoms with Crippen molar-refractivity contribution in [2.45, 2.75) is 18.4 Å². The minimum atomic E-state index is -2.74. The summed E-state index contributed by atoms with van der Waals surface area (Å²) in [5.41, 5.74) is -2.74. The van der Waals surface area contributed by atoms with Crippen LogP contribution in [0, 0.1) is 0 Å². The van der Waals surface area contributed by atoms with Crippen LogP contribution in [-0.2, 0) is 14.4 Å². The molecule has 0 aromatic heterocycles. The van der Waals surface area contributed by atoms with Gasteiger partial charge in [-0.25, -0.2) is 4.79 Å². The van der Waals surface area contributed by atoms with E-state index >= 15 is 0 Å². The van der Waals surface area contributed by atoms with Crippen molar-refractivity contribution in [3.63, 3.8) is 0 Å². The predicted molar refractivity (Wildman–Crippen MR) is 40.7 cm³/mol. The quantitative estimate of drug-likeness (QED) is 0.363. The molecule has 0 aliphatic heterocycles. The molecule has 0 saturated heterocycles. The second-order valence-electron chi connectivity index (χ2n) is 2.48. The van der Waals surface area contributed by atoms with Gasteiger partial charge in [0.2, 0.25) is 0 Å². The van der Waals surface area contributed by atoms with E-state index in [0.29, 0.717) is 0 Å². The molecule has 8 nitrogen and oxygen atoms in total. The van der Waals surface area contributed by atoms with Gasteiger partial charge >= 0.3 is 107 Å². The van der Waals surface area contributed by atoms with Crippen molar-refractivity contribution < 1.29 is 129 Å². The molecule has 0 rings (SSSR count). The molecule has 0 unspecified atom stereocenters. The molecule has 0 bridgehead atoms. The van der Waals surface area contributed by atoms with Gasteiger partial charge in [0.15, 0.2) is 5.60 Å². The Morgan fingerprint density at radius 2 is 1.06 bits per heavy atom. The van der Waals surface area contributed by atoms with Crippen LogP contribution in [0.4, 0.5) is 0 Å². The Hall–Kier alpha value is 1.33. The Balaban J connectivity index is -0.000000120. The Bertz CT molecular complexity index is 240. The molecule has 0 heterocycles. The molecule has 0 aromatic rings. The van der Waals surface area contributed by atoms with Gasteiger partial charge in [-0.1, -0.05) is 0 Å². The topological polar surface area (TPSA) is 164 Å². The molecule has 0 fully saturated rings. The van der Waals surface area contributed by atoms with Crippen molar-refractivity contribution in [3.8, 4) is 0 Å². The summed E-state index contributed by atoms with van der Waals surface area (Å²) in [6, 6.07) is 0. The summed E-state index contributed by atoms with van der Waals surface area (Å²) in [5.74, 6) is -5.02. The number of rotatable bonds is 5. The van der Waals surface area contributed by atoms with E-state index in [1.807, 2.05) is 0 Å². The summed E-state index contributed by atoms with van der Waals surface area (Å²) in [6.45, 7) is 0. The Morgan fingerprint density at radius 1 is 0.824 bits per heavy atom. The fourth-order valence-electron chi connectivity index (χ4n) is 0.714. The normalized spacial score (nSPS) is 8.29. The van der Waals surface area contributed by atoms with E-state index in [2.05, 4.69) is 0 Å². The first-order valence-electron chi connectivity index (χ1n) is 3.17. The first kappa shape index (κ1) is 31.0. The fraction of sp³-hybridized carbons (Fsp3) is 0.500. The minimum Gasteiger partial charge on any atom is -0.481 e. The van der Waals surface area contributed by atoms with Gasteiger partial charge in [0.05, 0.1) is 12.8 Å². The van der Waals surface area contributed by atoms with E-state index in [1.54, 1.807) is 0 Å². The van der Waals surface area contributed by atoms with Crippen LogP contribution in [0.25, 0.3) is 0 Å². The summed E-state index contributed by atoms with van der Waals surface area (Å²) in [4.78, 5) is 30.5. The summed E-state index contributed by atoms with van der Waals surface area (Å²) < 4.78 is 0. The molecular weight excluding hydrogens is 269 g/mol. The minimum absolute atomic E-state index is 0. The first-order chi connectivity index (χ1) is 5.78. The second kappa shape index (κ2) is 13.8. The molecule has 0 spiro atoms. The first-order valence-corrected chi connectivity index (χ1v) is 3.17. The number of aliphatic hydroxyl groups is 1. The van der Waals surface area contributed by atoms with Crippen LogP contribution in [0.2, 0.25) is 0 Å². The largest absolute Gasteiger partial charge is 1.00 e. The van der Waals surface area contributed by atoms with Crippen LogP contribution in [0.1, 0.15) is 12.8 Å². The van der Waals surface area contributed by atoms with Gasteiger partial charge in [-0.15, -0.1) is 0 Å². The Kier molecular flexibility index (Phi) is 25.1. The Labute approximate surface area is 163 Å². The van der Waals surface area contributed by atoms with Crippen LogP contribution in [0.15, 0.2) is 0 Å². The van der Waals surface area contributed by atoms with E-state index in [9.17, 15) is 14.4 Å². The summed E-state index contributed by atoms with van der Waals surface area (Å²) in [7, 11) is 0. The number of hydrogen-bond donors (Lipinski definition) is 4. The third-order valence-corrected chi connectivity index (χ3v) is 1.29. The van der Waals surface area contributed by atoms with Gasteiger partial charge < -0.3 is 25.9 Å². The fourth-order valence-corrected chi connectivity index (χ4v) is 0.714. The molecule has 0 aliphatic rings. The van der Waals surface area contributed by atoms with Crippen molar-refractivity contribution in [1.29, 1.82) is 0 Å². The Morgan fingerprint density at radius 3 is 1.18 bits per heavy atom. The molecule has 0 aliphatic carbocycles. The number of carbonyl (C=O) groups is 3. The number of hydrogen-bond acceptors (Lipinski definition) is 4. The van der Waals surface area contributed by atoms with Gasteiger partial charge in [-0.05, 0) is 0 Å². The zero-order valence-electron chi connectivity index (χ0n) is 9.93. The predicted octanol–water partition coefficient (Wildman–Crippen LogP) is -11.1. The van der Waals surface area contributed by atoms with Crippen LogP contribution in [0.5, 0.6) is 0 Å². The molecule has 82 valence electrons. The van der Waals surface area contributed by atoms with Gasteiger partial charge in [0.25, 0.3) is 0 Å². The molecule has 11 heteroatoms. The van der Waals surface area contributed by atoms with E-state index in [0.717, 1.165) is 0 Å². The molecule has 0 radical (unpaired) electrons. The number of aliphatic carboxylic acids is 3. The van der Waals surface area contributed by atoms with Crippen molar-refractivity contribution in [1.82, 2.24) is 0 Å². The van der Waals surface area contributed by atoms with E-state index in [-0.39, 0.29) is 94.1 Å². The molecule has 17 heavy (non-hydrogen) atoms. The maximum absolute atomic E-state index is 10.3. The van der Waals surface area contributed by atoms with Crippen molar-refractivity contribution in [2.24, 2.45) is 0 Å². The van der Waals surface area contributed by atoms with Crippen LogP contribution >= 0.6 is 0 Å². The van der Waals surface area contributed by atoms with Crippen LogP contribution in [-0.4, -0.2) is 49.4 Å². The van der Waals surface area contributed by atoms with Gasteiger partial charge in [-0.2, -0.15) is 0 Å². The van der Waals surface area contributed by atoms with E-state index in [1.165, 1.54) is 0 Å². The van der Waals surface area contributed by atoms with E-state index < -0.39 is 36.4 Å². The summed E-state index contributed by atoms with van der Waals surface area (Å²) in [5, 5.41) is 33.8. The van der Waals surface area contributed by atoms with Gasteiger partial charge in [-0.3, -0.25) is 9.59 Å². The molecular formula is C6H10Na3O8+3. The third kappa shape index (κ3) is 13.6. The molecule has 0 atom stereocenters. The standard InChI is InChI=1S/C6H8O7.3Na.H2O/c7-3(8)1-6(13,5(11)12)2-4(9)10;;;;/h13H,1-2H2,(H,7,8)(H,9,10)(H,11,12);;;;1H2/q;3*+1;. The second-order valence-corrected chi connectivity index (χ2v) is 2.48. The summed E-state index contributed by atoms with van der Waals surface area (Å²) >= 11 is 0. The zero-order valence-corrected chi connectivity index (χ0v) is 15.9. The average molecular weight is 279 g/mol. The van der Waals surface area contributed by atoms with Crippen LogP contribution in [0.3, 0.4) is 0 Å². The molecule has 0 saturated carbocycles.